The number of carbonyl (C=O) groups excluding carboxylic acids is 2. The fourth-order valence-corrected chi connectivity index (χ4v) is 3.87. The molecule has 0 aromatic heterocycles. The lowest BCUT2D eigenvalue weighted by Gasteiger charge is -2.34. The zero-order chi connectivity index (χ0) is 16.1. The van der Waals surface area contributed by atoms with Crippen molar-refractivity contribution in [2.45, 2.75) is 44.6 Å². The number of likely N-dealkylation sites (tertiary alicyclic amines) is 1. The monoisotopic (exact) mass is 324 g/mol. The van der Waals surface area contributed by atoms with E-state index in [0.29, 0.717) is 12.5 Å². The van der Waals surface area contributed by atoms with Gasteiger partial charge in [-0.25, -0.2) is 0 Å². The lowest BCUT2D eigenvalue weighted by atomic mass is 10.2. The van der Waals surface area contributed by atoms with Gasteiger partial charge in [-0.2, -0.15) is 0 Å². The molecule has 0 aromatic rings. The van der Waals surface area contributed by atoms with E-state index in [9.17, 15) is 9.59 Å². The van der Waals surface area contributed by atoms with Gasteiger partial charge in [0.2, 0.25) is 11.8 Å². The van der Waals surface area contributed by atoms with E-state index in [-0.39, 0.29) is 18.4 Å². The van der Waals surface area contributed by atoms with Gasteiger partial charge in [0.1, 0.15) is 12.6 Å². The second-order valence-corrected chi connectivity index (χ2v) is 7.10. The Bertz CT molecular complexity index is 415. The average molecular weight is 324 g/mol. The van der Waals surface area contributed by atoms with Crippen LogP contribution in [-0.2, 0) is 14.3 Å². The number of rotatable bonds is 4. The minimum absolute atomic E-state index is 0.122. The maximum Gasteiger partial charge on any atom is 0.242 e. The Hall–Kier alpha value is -1.14. The number of nitrogens with one attached hydrogen (secondary N) is 1. The van der Waals surface area contributed by atoms with Gasteiger partial charge in [0.15, 0.2) is 0 Å². The minimum Gasteiger partial charge on any atom is -0.372 e. The summed E-state index contributed by atoms with van der Waals surface area (Å²) in [5.74, 6) is 0.273. The second-order valence-electron chi connectivity index (χ2n) is 7.10. The Balaban J connectivity index is 1.41. The number of amides is 2. The molecule has 3 aliphatic rings. The molecule has 0 spiro atoms. The summed E-state index contributed by atoms with van der Waals surface area (Å²) >= 11 is 0. The maximum absolute atomic E-state index is 12.5. The van der Waals surface area contributed by atoms with E-state index in [1.165, 1.54) is 12.8 Å². The van der Waals surface area contributed by atoms with Crippen molar-refractivity contribution in [3.63, 3.8) is 0 Å². The molecular weight excluding hydrogens is 294 g/mol. The fourth-order valence-electron chi connectivity index (χ4n) is 3.87. The molecule has 2 amide bonds. The molecule has 3 aliphatic heterocycles. The van der Waals surface area contributed by atoms with Crippen LogP contribution >= 0.6 is 0 Å². The van der Waals surface area contributed by atoms with Gasteiger partial charge in [-0.05, 0) is 25.7 Å². The van der Waals surface area contributed by atoms with Crippen molar-refractivity contribution in [2.75, 3.05) is 52.4 Å². The standard InChI is InChI=1S/C17H29N3O3/c21-16-6-2-1-3-7-20(16)14-17(22)19-10-8-18(9-11-19)13-15-5-4-12-23-15/h15H,1-14H2/p+1/t15-/m0/s1. The Morgan fingerprint density at radius 3 is 2.70 bits per heavy atom. The number of hydrogen-bond acceptors (Lipinski definition) is 3. The topological polar surface area (TPSA) is 54.3 Å². The molecule has 6 nitrogen and oxygen atoms in total. The summed E-state index contributed by atoms with van der Waals surface area (Å²) in [4.78, 5) is 29.7. The molecule has 0 saturated carbocycles. The normalized spacial score (nSPS) is 27.3. The summed E-state index contributed by atoms with van der Waals surface area (Å²) in [6, 6.07) is 0. The third kappa shape index (κ3) is 4.67. The van der Waals surface area contributed by atoms with Crippen molar-refractivity contribution >= 4 is 11.8 Å². The number of hydrogen-bond donors (Lipinski definition) is 1. The molecule has 0 unspecified atom stereocenters. The van der Waals surface area contributed by atoms with Crippen molar-refractivity contribution in [3.8, 4) is 0 Å². The van der Waals surface area contributed by atoms with Gasteiger partial charge < -0.3 is 19.4 Å². The first-order valence-electron chi connectivity index (χ1n) is 9.23. The molecule has 0 radical (unpaired) electrons. The van der Waals surface area contributed by atoms with Crippen LogP contribution in [0.1, 0.15) is 38.5 Å². The van der Waals surface area contributed by atoms with Gasteiger partial charge in [-0.15, -0.1) is 0 Å². The molecule has 1 N–H and O–H groups in total. The first-order chi connectivity index (χ1) is 11.2. The number of carbonyl (C=O) groups is 2. The van der Waals surface area contributed by atoms with E-state index < -0.39 is 0 Å². The summed E-state index contributed by atoms with van der Waals surface area (Å²) in [7, 11) is 0. The van der Waals surface area contributed by atoms with Crippen molar-refractivity contribution < 1.29 is 19.2 Å². The van der Waals surface area contributed by atoms with Gasteiger partial charge in [0.05, 0.1) is 32.7 Å². The van der Waals surface area contributed by atoms with Gasteiger partial charge >= 0.3 is 0 Å². The number of piperazine rings is 1. The molecule has 3 rings (SSSR count). The summed E-state index contributed by atoms with van der Waals surface area (Å²) in [6.45, 7) is 6.62. The highest BCUT2D eigenvalue weighted by Gasteiger charge is 2.29. The van der Waals surface area contributed by atoms with Crippen molar-refractivity contribution in [1.82, 2.24) is 9.80 Å². The summed E-state index contributed by atoms with van der Waals surface area (Å²) < 4.78 is 5.71. The van der Waals surface area contributed by atoms with Crippen molar-refractivity contribution in [1.29, 1.82) is 0 Å². The van der Waals surface area contributed by atoms with E-state index in [1.54, 1.807) is 9.80 Å². The zero-order valence-corrected chi connectivity index (χ0v) is 14.1. The molecule has 3 saturated heterocycles. The van der Waals surface area contributed by atoms with Crippen LogP contribution < -0.4 is 4.90 Å². The largest absolute Gasteiger partial charge is 0.372 e. The zero-order valence-electron chi connectivity index (χ0n) is 14.1. The maximum atomic E-state index is 12.5. The quantitative estimate of drug-likeness (QED) is 0.744. The summed E-state index contributed by atoms with van der Waals surface area (Å²) in [5, 5.41) is 0. The highest BCUT2D eigenvalue weighted by molar-refractivity contribution is 5.85. The Morgan fingerprint density at radius 2 is 1.96 bits per heavy atom. The lowest BCUT2D eigenvalue weighted by Crippen LogP contribution is -3.15. The van der Waals surface area contributed by atoms with E-state index in [1.807, 2.05) is 4.90 Å². The molecular formula is C17H30N3O3+. The van der Waals surface area contributed by atoms with Crippen LogP contribution in [0.15, 0.2) is 0 Å². The summed E-state index contributed by atoms with van der Waals surface area (Å²) in [6.07, 6.45) is 6.49. The SMILES string of the molecule is O=C(CN1CCCCCC1=O)N1CC[NH+](C[C@@H]2CCCO2)CC1. The smallest absolute Gasteiger partial charge is 0.242 e. The van der Waals surface area contributed by atoms with Crippen LogP contribution in [0.2, 0.25) is 0 Å². The molecule has 0 aliphatic carbocycles. The third-order valence-corrected chi connectivity index (χ3v) is 5.36. The first-order valence-corrected chi connectivity index (χ1v) is 9.23. The predicted octanol–water partition coefficient (Wildman–Crippen LogP) is -0.705. The highest BCUT2D eigenvalue weighted by Crippen LogP contribution is 2.12. The van der Waals surface area contributed by atoms with Gasteiger partial charge in [0.25, 0.3) is 0 Å². The predicted molar refractivity (Wildman–Crippen MR) is 86.2 cm³/mol. The Labute approximate surface area is 138 Å². The van der Waals surface area contributed by atoms with E-state index in [2.05, 4.69) is 0 Å². The van der Waals surface area contributed by atoms with Crippen LogP contribution in [0.25, 0.3) is 0 Å². The average Bonchev–Trinajstić information content (AvgIpc) is 2.98. The summed E-state index contributed by atoms with van der Waals surface area (Å²) in [5.41, 5.74) is 0. The second kappa shape index (κ2) is 8.11. The molecule has 1 atom stereocenters. The van der Waals surface area contributed by atoms with Crippen LogP contribution in [0.4, 0.5) is 0 Å². The van der Waals surface area contributed by atoms with E-state index in [4.69, 9.17) is 4.74 Å². The molecule has 23 heavy (non-hydrogen) atoms. The van der Waals surface area contributed by atoms with Crippen LogP contribution in [0.5, 0.6) is 0 Å². The Kier molecular flexibility index (Phi) is 5.89. The molecule has 130 valence electrons. The van der Waals surface area contributed by atoms with Crippen molar-refractivity contribution in [2.24, 2.45) is 0 Å². The highest BCUT2D eigenvalue weighted by atomic mass is 16.5. The van der Waals surface area contributed by atoms with Crippen LogP contribution in [0.3, 0.4) is 0 Å². The minimum atomic E-state index is 0.122. The molecule has 0 aromatic carbocycles. The first kappa shape index (κ1) is 16.7. The molecule has 3 fully saturated rings. The Morgan fingerprint density at radius 1 is 1.13 bits per heavy atom. The van der Waals surface area contributed by atoms with Gasteiger partial charge in [0, 0.05) is 19.6 Å². The molecule has 0 bridgehead atoms. The molecule has 3 heterocycles. The van der Waals surface area contributed by atoms with Crippen LogP contribution in [-0.4, -0.2) is 80.1 Å². The van der Waals surface area contributed by atoms with Crippen molar-refractivity contribution in [3.05, 3.63) is 0 Å². The number of ether oxygens (including phenoxy) is 1. The number of quaternary nitrogens is 1. The van der Waals surface area contributed by atoms with Crippen LogP contribution in [0, 0.1) is 0 Å². The van der Waals surface area contributed by atoms with E-state index in [0.717, 1.165) is 65.1 Å². The number of nitrogens with zero attached hydrogens (tertiary/aromatic N) is 2. The third-order valence-electron chi connectivity index (χ3n) is 5.36. The molecule has 6 heteroatoms. The fraction of sp³-hybridized carbons (Fsp3) is 0.882. The van der Waals surface area contributed by atoms with Gasteiger partial charge in [-0.1, -0.05) is 6.42 Å². The lowest BCUT2D eigenvalue weighted by molar-refractivity contribution is -0.906. The van der Waals surface area contributed by atoms with E-state index >= 15 is 0 Å². The van der Waals surface area contributed by atoms with Gasteiger partial charge in [-0.3, -0.25) is 9.59 Å².